The lowest BCUT2D eigenvalue weighted by Gasteiger charge is -2.11. The number of anilines is 3. The van der Waals surface area contributed by atoms with E-state index in [1.54, 1.807) is 42.5 Å². The van der Waals surface area contributed by atoms with Crippen LogP contribution in [0.5, 0.6) is 0 Å². The summed E-state index contributed by atoms with van der Waals surface area (Å²) in [5.41, 5.74) is 1.93. The molecule has 0 aliphatic rings. The summed E-state index contributed by atoms with van der Waals surface area (Å²) in [7, 11) is 0. The summed E-state index contributed by atoms with van der Waals surface area (Å²) in [4.78, 5) is 20.0. The highest BCUT2D eigenvalue weighted by Gasteiger charge is 2.10. The summed E-state index contributed by atoms with van der Waals surface area (Å²) in [5.74, 6) is -0.393. The molecule has 1 heterocycles. The number of hydrogen-bond acceptors (Lipinski definition) is 5. The zero-order valence-corrected chi connectivity index (χ0v) is 14.7. The number of para-hydroxylation sites is 1. The van der Waals surface area contributed by atoms with Gasteiger partial charge in [-0.2, -0.15) is 4.98 Å². The summed E-state index contributed by atoms with van der Waals surface area (Å²) in [5, 5.41) is 15.4. The van der Waals surface area contributed by atoms with Crippen LogP contribution in [-0.2, 0) is 6.42 Å². The van der Waals surface area contributed by atoms with Crippen molar-refractivity contribution < 1.29 is 14.3 Å². The van der Waals surface area contributed by atoms with E-state index in [9.17, 15) is 14.3 Å². The van der Waals surface area contributed by atoms with Gasteiger partial charge in [-0.25, -0.2) is 14.2 Å². The molecule has 2 aromatic carbocycles. The fourth-order valence-electron chi connectivity index (χ4n) is 2.64. The van der Waals surface area contributed by atoms with Gasteiger partial charge in [0.2, 0.25) is 5.95 Å². The Bertz CT molecular complexity index is 962. The van der Waals surface area contributed by atoms with Crippen LogP contribution in [0, 0.1) is 12.7 Å². The smallest absolute Gasteiger partial charge is 0.337 e. The van der Waals surface area contributed by atoms with Crippen LogP contribution in [0.1, 0.15) is 21.6 Å². The molecular formula is C20H19FN4O2. The Balaban J connectivity index is 1.71. The largest absolute Gasteiger partial charge is 0.478 e. The second kappa shape index (κ2) is 8.27. The summed E-state index contributed by atoms with van der Waals surface area (Å²) < 4.78 is 13.7. The number of nitrogens with one attached hydrogen (secondary N) is 2. The Morgan fingerprint density at radius 3 is 2.63 bits per heavy atom. The summed E-state index contributed by atoms with van der Waals surface area (Å²) in [6.45, 7) is 2.29. The van der Waals surface area contributed by atoms with Gasteiger partial charge in [-0.1, -0.05) is 30.3 Å². The van der Waals surface area contributed by atoms with Crippen molar-refractivity contribution >= 4 is 23.4 Å². The van der Waals surface area contributed by atoms with E-state index in [2.05, 4.69) is 20.6 Å². The second-order valence-corrected chi connectivity index (χ2v) is 5.96. The maximum Gasteiger partial charge on any atom is 0.337 e. The Morgan fingerprint density at radius 1 is 1.11 bits per heavy atom. The van der Waals surface area contributed by atoms with E-state index < -0.39 is 5.97 Å². The third-order valence-corrected chi connectivity index (χ3v) is 3.91. The van der Waals surface area contributed by atoms with Gasteiger partial charge in [0.15, 0.2) is 0 Å². The first kappa shape index (κ1) is 18.3. The minimum absolute atomic E-state index is 0.155. The predicted molar refractivity (Wildman–Crippen MR) is 102 cm³/mol. The third kappa shape index (κ3) is 4.78. The molecule has 6 nitrogen and oxygen atoms in total. The van der Waals surface area contributed by atoms with E-state index in [0.717, 1.165) is 0 Å². The predicted octanol–water partition coefficient (Wildman–Crippen LogP) is 4.02. The topological polar surface area (TPSA) is 87.1 Å². The average Bonchev–Trinajstić information content (AvgIpc) is 2.63. The molecular weight excluding hydrogens is 347 g/mol. The molecule has 0 atom stereocenters. The summed E-state index contributed by atoms with van der Waals surface area (Å²) >= 11 is 0. The van der Waals surface area contributed by atoms with Crippen molar-refractivity contribution in [1.29, 1.82) is 0 Å². The van der Waals surface area contributed by atoms with Crippen molar-refractivity contribution in [3.63, 3.8) is 0 Å². The Morgan fingerprint density at radius 2 is 1.85 bits per heavy atom. The first-order chi connectivity index (χ1) is 13.0. The molecule has 0 aliphatic carbocycles. The normalized spacial score (nSPS) is 10.4. The van der Waals surface area contributed by atoms with Gasteiger partial charge >= 0.3 is 5.97 Å². The van der Waals surface area contributed by atoms with Gasteiger partial charge in [0.05, 0.1) is 11.3 Å². The van der Waals surface area contributed by atoms with Crippen molar-refractivity contribution in [1.82, 2.24) is 9.97 Å². The first-order valence-electron chi connectivity index (χ1n) is 8.45. The maximum atomic E-state index is 13.7. The number of carboxylic acid groups (broad SMARTS) is 1. The van der Waals surface area contributed by atoms with Gasteiger partial charge in [0.25, 0.3) is 0 Å². The molecule has 1 aromatic heterocycles. The average molecular weight is 366 g/mol. The number of nitrogens with zero attached hydrogens (tertiary/aromatic N) is 2. The third-order valence-electron chi connectivity index (χ3n) is 3.91. The van der Waals surface area contributed by atoms with E-state index in [-0.39, 0.29) is 11.4 Å². The fourth-order valence-corrected chi connectivity index (χ4v) is 2.64. The van der Waals surface area contributed by atoms with Crippen LogP contribution in [0.4, 0.5) is 21.8 Å². The van der Waals surface area contributed by atoms with Crippen LogP contribution >= 0.6 is 0 Å². The Labute approximate surface area is 156 Å². The SMILES string of the molecule is Cc1cc(Nc2ccccc2C(=O)O)nc(NCCc2ccccc2F)n1. The van der Waals surface area contributed by atoms with Crippen molar-refractivity contribution in [3.05, 3.63) is 77.2 Å². The number of halogens is 1. The molecule has 0 spiro atoms. The molecule has 3 N–H and O–H groups in total. The van der Waals surface area contributed by atoms with Crippen LogP contribution < -0.4 is 10.6 Å². The van der Waals surface area contributed by atoms with E-state index >= 15 is 0 Å². The minimum Gasteiger partial charge on any atom is -0.478 e. The van der Waals surface area contributed by atoms with Crippen LogP contribution in [0.15, 0.2) is 54.6 Å². The van der Waals surface area contributed by atoms with Crippen molar-refractivity contribution in [2.75, 3.05) is 17.2 Å². The molecule has 27 heavy (non-hydrogen) atoms. The van der Waals surface area contributed by atoms with Gasteiger partial charge < -0.3 is 15.7 Å². The zero-order valence-electron chi connectivity index (χ0n) is 14.7. The fraction of sp³-hybridized carbons (Fsp3) is 0.150. The lowest BCUT2D eigenvalue weighted by atomic mass is 10.1. The van der Waals surface area contributed by atoms with Crippen molar-refractivity contribution in [2.24, 2.45) is 0 Å². The lowest BCUT2D eigenvalue weighted by molar-refractivity contribution is 0.0698. The number of carbonyl (C=O) groups is 1. The van der Waals surface area contributed by atoms with E-state index in [1.807, 2.05) is 6.92 Å². The standard InChI is InChI=1S/C20H19FN4O2/c1-13-12-18(24-17-9-5-3-7-15(17)19(26)27)25-20(23-13)22-11-10-14-6-2-4-8-16(14)21/h2-9,12H,10-11H2,1H3,(H,26,27)(H2,22,23,24,25). The molecule has 3 rings (SSSR count). The highest BCUT2D eigenvalue weighted by Crippen LogP contribution is 2.21. The quantitative estimate of drug-likeness (QED) is 0.585. The van der Waals surface area contributed by atoms with Gasteiger partial charge in [-0.15, -0.1) is 0 Å². The molecule has 0 amide bonds. The van der Waals surface area contributed by atoms with E-state index in [4.69, 9.17) is 0 Å². The molecule has 0 unspecified atom stereocenters. The molecule has 0 saturated carbocycles. The van der Waals surface area contributed by atoms with E-state index in [0.29, 0.717) is 41.7 Å². The van der Waals surface area contributed by atoms with Crippen LogP contribution in [0.25, 0.3) is 0 Å². The number of hydrogen-bond donors (Lipinski definition) is 3. The number of aryl methyl sites for hydroxylation is 1. The highest BCUT2D eigenvalue weighted by atomic mass is 19.1. The number of aromatic carboxylic acids is 1. The van der Waals surface area contributed by atoms with Crippen LogP contribution in [-0.4, -0.2) is 27.6 Å². The van der Waals surface area contributed by atoms with Gasteiger partial charge in [0.1, 0.15) is 11.6 Å². The molecule has 3 aromatic rings. The van der Waals surface area contributed by atoms with Crippen LogP contribution in [0.2, 0.25) is 0 Å². The monoisotopic (exact) mass is 366 g/mol. The zero-order chi connectivity index (χ0) is 19.2. The van der Waals surface area contributed by atoms with Crippen molar-refractivity contribution in [3.8, 4) is 0 Å². The van der Waals surface area contributed by atoms with Gasteiger partial charge in [0, 0.05) is 18.3 Å². The highest BCUT2D eigenvalue weighted by molar-refractivity contribution is 5.95. The Hall–Kier alpha value is -3.48. The summed E-state index contributed by atoms with van der Waals surface area (Å²) in [6.07, 6.45) is 0.495. The van der Waals surface area contributed by atoms with Gasteiger partial charge in [-0.05, 0) is 37.1 Å². The number of aromatic nitrogens is 2. The molecule has 0 saturated heterocycles. The molecule has 138 valence electrons. The summed E-state index contributed by atoms with van der Waals surface area (Å²) in [6, 6.07) is 14.9. The molecule has 0 aliphatic heterocycles. The first-order valence-corrected chi connectivity index (χ1v) is 8.45. The second-order valence-electron chi connectivity index (χ2n) is 5.96. The molecule has 0 fully saturated rings. The lowest BCUT2D eigenvalue weighted by Crippen LogP contribution is -2.11. The molecule has 7 heteroatoms. The number of carboxylic acids is 1. The van der Waals surface area contributed by atoms with Crippen molar-refractivity contribution in [2.45, 2.75) is 13.3 Å². The number of benzene rings is 2. The minimum atomic E-state index is -1.02. The molecule has 0 bridgehead atoms. The van der Waals surface area contributed by atoms with Crippen LogP contribution in [0.3, 0.4) is 0 Å². The number of rotatable bonds is 7. The maximum absolute atomic E-state index is 13.7. The van der Waals surface area contributed by atoms with Gasteiger partial charge in [-0.3, -0.25) is 0 Å². The van der Waals surface area contributed by atoms with E-state index in [1.165, 1.54) is 12.1 Å². The molecule has 0 radical (unpaired) electrons. The Kier molecular flexibility index (Phi) is 5.61.